The van der Waals surface area contributed by atoms with Crippen molar-refractivity contribution < 1.29 is 12.8 Å². The first kappa shape index (κ1) is 13.1. The SMILES string of the molecule is O=S1(=O)CCC(Nc2ccc3oc(C4CC4)nc3c2)CC1. The van der Waals surface area contributed by atoms with Gasteiger partial charge in [-0.1, -0.05) is 0 Å². The first-order valence-electron chi connectivity index (χ1n) is 7.46. The van der Waals surface area contributed by atoms with Gasteiger partial charge in [-0.3, -0.25) is 0 Å². The summed E-state index contributed by atoms with van der Waals surface area (Å²) in [6.07, 6.45) is 3.70. The first-order valence-corrected chi connectivity index (χ1v) is 9.29. The normalized spacial score (nSPS) is 22.5. The van der Waals surface area contributed by atoms with Gasteiger partial charge >= 0.3 is 0 Å². The first-order chi connectivity index (χ1) is 10.1. The molecule has 2 heterocycles. The molecule has 0 unspecified atom stereocenters. The number of fused-ring (bicyclic) bond motifs is 1. The Morgan fingerprint density at radius 3 is 2.62 bits per heavy atom. The molecule has 6 heteroatoms. The number of hydrogen-bond donors (Lipinski definition) is 1. The molecule has 1 saturated heterocycles. The van der Waals surface area contributed by atoms with Gasteiger partial charge in [0.1, 0.15) is 15.4 Å². The Hall–Kier alpha value is -1.56. The van der Waals surface area contributed by atoms with Crippen LogP contribution < -0.4 is 5.32 Å². The van der Waals surface area contributed by atoms with Crippen LogP contribution >= 0.6 is 0 Å². The third-order valence-corrected chi connectivity index (χ3v) is 5.97. The predicted octanol–water partition coefficient (Wildman–Crippen LogP) is 2.69. The number of benzene rings is 1. The summed E-state index contributed by atoms with van der Waals surface area (Å²) < 4.78 is 28.6. The van der Waals surface area contributed by atoms with E-state index < -0.39 is 9.84 Å². The van der Waals surface area contributed by atoms with Crippen molar-refractivity contribution in [3.8, 4) is 0 Å². The molecule has 1 saturated carbocycles. The van der Waals surface area contributed by atoms with Crippen molar-refractivity contribution in [2.75, 3.05) is 16.8 Å². The fourth-order valence-electron chi connectivity index (χ4n) is 2.81. The molecule has 21 heavy (non-hydrogen) atoms. The quantitative estimate of drug-likeness (QED) is 0.944. The minimum Gasteiger partial charge on any atom is -0.440 e. The second kappa shape index (κ2) is 4.73. The average Bonchev–Trinajstić information content (AvgIpc) is 3.21. The van der Waals surface area contributed by atoms with Crippen LogP contribution in [0.5, 0.6) is 0 Å². The fourth-order valence-corrected chi connectivity index (χ4v) is 4.30. The smallest absolute Gasteiger partial charge is 0.198 e. The molecule has 1 aromatic carbocycles. The second-order valence-electron chi connectivity index (χ2n) is 6.08. The number of nitrogens with zero attached hydrogens (tertiary/aromatic N) is 1. The Morgan fingerprint density at radius 2 is 1.90 bits per heavy atom. The van der Waals surface area contributed by atoms with E-state index in [0.717, 1.165) is 22.7 Å². The van der Waals surface area contributed by atoms with Gasteiger partial charge in [0.25, 0.3) is 0 Å². The lowest BCUT2D eigenvalue weighted by molar-refractivity contribution is 0.533. The Kier molecular flexibility index (Phi) is 2.96. The fraction of sp³-hybridized carbons (Fsp3) is 0.533. The van der Waals surface area contributed by atoms with Gasteiger partial charge in [-0.15, -0.1) is 0 Å². The Balaban J connectivity index is 1.51. The summed E-state index contributed by atoms with van der Waals surface area (Å²) in [5, 5.41) is 3.42. The van der Waals surface area contributed by atoms with Gasteiger partial charge in [-0.05, 0) is 43.9 Å². The third-order valence-electron chi connectivity index (χ3n) is 4.26. The van der Waals surface area contributed by atoms with Gasteiger partial charge in [-0.25, -0.2) is 13.4 Å². The number of nitrogens with one attached hydrogen (secondary N) is 1. The van der Waals surface area contributed by atoms with Gasteiger partial charge < -0.3 is 9.73 Å². The van der Waals surface area contributed by atoms with Gasteiger partial charge in [0.15, 0.2) is 11.5 Å². The van der Waals surface area contributed by atoms with Crippen LogP contribution in [0.25, 0.3) is 11.1 Å². The molecule has 0 amide bonds. The maximum absolute atomic E-state index is 11.4. The van der Waals surface area contributed by atoms with E-state index in [0.29, 0.717) is 18.8 Å². The van der Waals surface area contributed by atoms with Crippen molar-refractivity contribution in [3.63, 3.8) is 0 Å². The zero-order valence-electron chi connectivity index (χ0n) is 11.7. The van der Waals surface area contributed by atoms with E-state index >= 15 is 0 Å². The molecule has 1 N–H and O–H groups in total. The van der Waals surface area contributed by atoms with Crippen molar-refractivity contribution in [2.24, 2.45) is 0 Å². The average molecular weight is 306 g/mol. The summed E-state index contributed by atoms with van der Waals surface area (Å²) in [5.74, 6) is 1.93. The molecule has 1 aliphatic heterocycles. The lowest BCUT2D eigenvalue weighted by atomic mass is 10.1. The number of rotatable bonds is 3. The van der Waals surface area contributed by atoms with Crippen LogP contribution in [-0.2, 0) is 9.84 Å². The van der Waals surface area contributed by atoms with Crippen LogP contribution in [0.4, 0.5) is 5.69 Å². The van der Waals surface area contributed by atoms with Gasteiger partial charge in [0.2, 0.25) is 0 Å². The van der Waals surface area contributed by atoms with Crippen LogP contribution in [0.15, 0.2) is 22.6 Å². The van der Waals surface area contributed by atoms with Gasteiger partial charge in [-0.2, -0.15) is 0 Å². The maximum Gasteiger partial charge on any atom is 0.198 e. The molecule has 1 aromatic heterocycles. The highest BCUT2D eigenvalue weighted by Gasteiger charge is 2.29. The molecule has 2 aromatic rings. The molecule has 2 fully saturated rings. The number of sulfone groups is 1. The number of anilines is 1. The summed E-state index contributed by atoms with van der Waals surface area (Å²) >= 11 is 0. The molecular formula is C15H18N2O3S. The Bertz CT molecular complexity index is 763. The van der Waals surface area contributed by atoms with Crippen molar-refractivity contribution in [1.29, 1.82) is 0 Å². The molecule has 2 aliphatic rings. The number of oxazole rings is 1. The topological polar surface area (TPSA) is 72.2 Å². The monoisotopic (exact) mass is 306 g/mol. The van der Waals surface area contributed by atoms with Crippen molar-refractivity contribution in [3.05, 3.63) is 24.1 Å². The van der Waals surface area contributed by atoms with Crippen LogP contribution in [0.3, 0.4) is 0 Å². The van der Waals surface area contributed by atoms with Crippen LogP contribution in [0, 0.1) is 0 Å². The summed E-state index contributed by atoms with van der Waals surface area (Å²) in [6.45, 7) is 0. The molecule has 1 aliphatic carbocycles. The largest absolute Gasteiger partial charge is 0.440 e. The molecule has 0 radical (unpaired) electrons. The zero-order chi connectivity index (χ0) is 14.4. The Morgan fingerprint density at radius 1 is 1.14 bits per heavy atom. The second-order valence-corrected chi connectivity index (χ2v) is 8.38. The summed E-state index contributed by atoms with van der Waals surface area (Å²) in [4.78, 5) is 4.55. The maximum atomic E-state index is 11.4. The highest BCUT2D eigenvalue weighted by Crippen LogP contribution is 2.40. The Labute approximate surface area is 123 Å². The van der Waals surface area contributed by atoms with Gasteiger partial charge in [0, 0.05) is 17.6 Å². The van der Waals surface area contributed by atoms with Crippen LogP contribution in [0.1, 0.15) is 37.5 Å². The highest BCUT2D eigenvalue weighted by molar-refractivity contribution is 7.91. The van der Waals surface area contributed by atoms with Crippen molar-refractivity contribution >= 4 is 26.6 Å². The van der Waals surface area contributed by atoms with E-state index in [4.69, 9.17) is 4.42 Å². The standard InChI is InChI=1S/C15H18N2O3S/c18-21(19)7-5-11(6-8-21)16-12-3-4-14-13(9-12)17-15(20-14)10-1-2-10/h3-4,9-11,16H,1-2,5-8H2. The van der Waals surface area contributed by atoms with E-state index in [1.165, 1.54) is 12.8 Å². The zero-order valence-corrected chi connectivity index (χ0v) is 12.5. The highest BCUT2D eigenvalue weighted by atomic mass is 32.2. The van der Waals surface area contributed by atoms with E-state index in [1.54, 1.807) is 0 Å². The minimum absolute atomic E-state index is 0.223. The van der Waals surface area contributed by atoms with E-state index in [2.05, 4.69) is 10.3 Å². The molecule has 0 bridgehead atoms. The lowest BCUT2D eigenvalue weighted by Crippen LogP contribution is -2.32. The van der Waals surface area contributed by atoms with Crippen LogP contribution in [-0.4, -0.2) is 30.9 Å². The molecule has 4 rings (SSSR count). The van der Waals surface area contributed by atoms with E-state index in [-0.39, 0.29) is 17.5 Å². The summed E-state index contributed by atoms with van der Waals surface area (Å²) in [7, 11) is -2.81. The number of hydrogen-bond acceptors (Lipinski definition) is 5. The molecule has 112 valence electrons. The molecular weight excluding hydrogens is 288 g/mol. The molecule has 5 nitrogen and oxygen atoms in total. The summed E-state index contributed by atoms with van der Waals surface area (Å²) in [6, 6.07) is 6.14. The van der Waals surface area contributed by atoms with Gasteiger partial charge in [0.05, 0.1) is 11.5 Å². The van der Waals surface area contributed by atoms with Crippen LogP contribution in [0.2, 0.25) is 0 Å². The summed E-state index contributed by atoms with van der Waals surface area (Å²) in [5.41, 5.74) is 2.70. The molecule has 0 spiro atoms. The third kappa shape index (κ3) is 2.77. The lowest BCUT2D eigenvalue weighted by Gasteiger charge is -2.23. The number of aromatic nitrogens is 1. The predicted molar refractivity (Wildman–Crippen MR) is 81.3 cm³/mol. The van der Waals surface area contributed by atoms with E-state index in [1.807, 2.05) is 18.2 Å². The van der Waals surface area contributed by atoms with E-state index in [9.17, 15) is 8.42 Å². The minimum atomic E-state index is -2.81. The van der Waals surface area contributed by atoms with Crippen molar-refractivity contribution in [2.45, 2.75) is 37.6 Å². The van der Waals surface area contributed by atoms with Crippen molar-refractivity contribution in [1.82, 2.24) is 4.98 Å². The molecule has 0 atom stereocenters.